The van der Waals surface area contributed by atoms with Crippen LogP contribution in [0.1, 0.15) is 29.9 Å². The first-order valence-corrected chi connectivity index (χ1v) is 6.51. The Hall–Kier alpha value is -0.650. The predicted octanol–water partition coefficient (Wildman–Crippen LogP) is 1.76. The maximum atomic E-state index is 10.1. The van der Waals surface area contributed by atoms with Gasteiger partial charge in [0, 0.05) is 11.4 Å². The van der Waals surface area contributed by atoms with Crippen molar-refractivity contribution in [3.8, 4) is 0 Å². The maximum Gasteiger partial charge on any atom is 0.184 e. The van der Waals surface area contributed by atoms with E-state index in [1.807, 2.05) is 18.2 Å². The van der Waals surface area contributed by atoms with E-state index in [4.69, 9.17) is 21.1 Å². The molecule has 1 aromatic rings. The van der Waals surface area contributed by atoms with Gasteiger partial charge in [-0.1, -0.05) is 24.3 Å². The number of ether oxygens (including phenoxy) is 2. The van der Waals surface area contributed by atoms with Gasteiger partial charge in [0.25, 0.3) is 0 Å². The van der Waals surface area contributed by atoms with Crippen molar-refractivity contribution in [1.82, 2.24) is 0 Å². The van der Waals surface area contributed by atoms with Gasteiger partial charge in [0.1, 0.15) is 6.10 Å². The molecule has 0 aromatic heterocycles. The number of aliphatic hydroxyl groups is 2. The molecular formula is C13H17ClO4. The third-order valence-corrected chi connectivity index (χ3v) is 3.18. The zero-order chi connectivity index (χ0) is 13.0. The summed E-state index contributed by atoms with van der Waals surface area (Å²) in [6.45, 7) is 1.08. The van der Waals surface area contributed by atoms with Gasteiger partial charge in [-0.2, -0.15) is 0 Å². The van der Waals surface area contributed by atoms with Gasteiger partial charge in [0.2, 0.25) is 0 Å². The molecule has 0 amide bonds. The van der Waals surface area contributed by atoms with E-state index in [-0.39, 0.29) is 0 Å². The van der Waals surface area contributed by atoms with E-state index in [0.29, 0.717) is 31.1 Å². The van der Waals surface area contributed by atoms with Crippen LogP contribution in [0.2, 0.25) is 0 Å². The maximum absolute atomic E-state index is 10.1. The molecule has 1 aliphatic heterocycles. The largest absolute Gasteiger partial charge is 0.390 e. The smallest absolute Gasteiger partial charge is 0.184 e. The minimum absolute atomic E-state index is 0.302. The molecule has 1 heterocycles. The van der Waals surface area contributed by atoms with E-state index in [2.05, 4.69) is 0 Å². The molecule has 2 atom stereocenters. The zero-order valence-electron chi connectivity index (χ0n) is 9.96. The molecule has 0 spiro atoms. The van der Waals surface area contributed by atoms with Crippen LogP contribution in [0.25, 0.3) is 0 Å². The molecule has 5 heteroatoms. The van der Waals surface area contributed by atoms with Crippen LogP contribution in [0.5, 0.6) is 0 Å². The van der Waals surface area contributed by atoms with Gasteiger partial charge in [0.05, 0.1) is 19.3 Å². The topological polar surface area (TPSA) is 58.9 Å². The summed E-state index contributed by atoms with van der Waals surface area (Å²) in [5.74, 6) is 0.302. The second-order valence-electron chi connectivity index (χ2n) is 4.19. The van der Waals surface area contributed by atoms with Crippen LogP contribution in [-0.4, -0.2) is 35.4 Å². The Morgan fingerprint density at radius 2 is 1.89 bits per heavy atom. The first-order chi connectivity index (χ1) is 8.74. The second kappa shape index (κ2) is 6.50. The third-order valence-electron chi connectivity index (χ3n) is 2.96. The van der Waals surface area contributed by atoms with Gasteiger partial charge in [0.15, 0.2) is 6.29 Å². The van der Waals surface area contributed by atoms with Crippen molar-refractivity contribution in [2.75, 3.05) is 19.1 Å². The zero-order valence-corrected chi connectivity index (χ0v) is 10.7. The summed E-state index contributed by atoms with van der Waals surface area (Å²) in [6.07, 6.45) is -1.99. The Kier molecular flexibility index (Phi) is 4.97. The molecule has 0 aliphatic carbocycles. The minimum atomic E-state index is -0.979. The van der Waals surface area contributed by atoms with Crippen LogP contribution in [0.3, 0.4) is 0 Å². The fraction of sp³-hybridized carbons (Fsp3) is 0.538. The van der Waals surface area contributed by atoms with Crippen molar-refractivity contribution in [2.45, 2.75) is 24.9 Å². The number of benzene rings is 1. The Balaban J connectivity index is 2.20. The van der Waals surface area contributed by atoms with Crippen LogP contribution in [-0.2, 0) is 9.47 Å². The van der Waals surface area contributed by atoms with E-state index in [1.165, 1.54) is 0 Å². The highest BCUT2D eigenvalue weighted by Gasteiger charge is 2.26. The number of halogens is 1. The van der Waals surface area contributed by atoms with Gasteiger partial charge >= 0.3 is 0 Å². The Morgan fingerprint density at radius 3 is 2.56 bits per heavy atom. The van der Waals surface area contributed by atoms with E-state index >= 15 is 0 Å². The lowest BCUT2D eigenvalue weighted by Gasteiger charge is -2.22. The molecule has 1 fully saturated rings. The highest BCUT2D eigenvalue weighted by atomic mass is 35.5. The van der Waals surface area contributed by atoms with Crippen LogP contribution >= 0.6 is 11.6 Å². The summed E-state index contributed by atoms with van der Waals surface area (Å²) >= 11 is 5.57. The van der Waals surface area contributed by atoms with Crippen LogP contribution in [0.15, 0.2) is 24.3 Å². The average molecular weight is 273 g/mol. The molecule has 2 N–H and O–H groups in total. The van der Waals surface area contributed by atoms with Crippen molar-refractivity contribution in [2.24, 2.45) is 0 Å². The monoisotopic (exact) mass is 272 g/mol. The molecule has 1 saturated heterocycles. The van der Waals surface area contributed by atoms with Crippen molar-refractivity contribution in [3.63, 3.8) is 0 Å². The lowest BCUT2D eigenvalue weighted by atomic mass is 9.97. The summed E-state index contributed by atoms with van der Waals surface area (Å²) in [6, 6.07) is 7.26. The summed E-state index contributed by atoms with van der Waals surface area (Å²) in [5, 5.41) is 20.0. The SMILES string of the molecule is OC(CCCl)C(O)c1ccccc1C1OCCO1. The fourth-order valence-electron chi connectivity index (χ4n) is 2.01. The summed E-state index contributed by atoms with van der Waals surface area (Å²) in [4.78, 5) is 0. The number of hydrogen-bond donors (Lipinski definition) is 2. The molecule has 0 saturated carbocycles. The molecule has 2 unspecified atom stereocenters. The number of alkyl halides is 1. The van der Waals surface area contributed by atoms with Gasteiger partial charge in [-0.15, -0.1) is 11.6 Å². The van der Waals surface area contributed by atoms with Gasteiger partial charge in [-0.3, -0.25) is 0 Å². The number of aliphatic hydroxyl groups excluding tert-OH is 2. The lowest BCUT2D eigenvalue weighted by molar-refractivity contribution is -0.0486. The summed E-state index contributed by atoms with van der Waals surface area (Å²) in [7, 11) is 0. The van der Waals surface area contributed by atoms with Crippen molar-refractivity contribution >= 4 is 11.6 Å². The molecule has 1 aromatic carbocycles. The van der Waals surface area contributed by atoms with E-state index in [1.54, 1.807) is 6.07 Å². The first-order valence-electron chi connectivity index (χ1n) is 5.98. The van der Waals surface area contributed by atoms with E-state index in [0.717, 1.165) is 5.56 Å². The molecular weight excluding hydrogens is 256 g/mol. The molecule has 4 nitrogen and oxygen atoms in total. The van der Waals surface area contributed by atoms with Crippen molar-refractivity contribution < 1.29 is 19.7 Å². The summed E-state index contributed by atoms with van der Waals surface area (Å²) < 4.78 is 10.9. The van der Waals surface area contributed by atoms with E-state index < -0.39 is 18.5 Å². The fourth-order valence-corrected chi connectivity index (χ4v) is 2.23. The quantitative estimate of drug-likeness (QED) is 0.802. The lowest BCUT2D eigenvalue weighted by Crippen LogP contribution is -2.20. The summed E-state index contributed by atoms with van der Waals surface area (Å²) in [5.41, 5.74) is 1.39. The van der Waals surface area contributed by atoms with Gasteiger partial charge in [-0.05, 0) is 12.0 Å². The van der Waals surface area contributed by atoms with E-state index in [9.17, 15) is 10.2 Å². The highest BCUT2D eigenvalue weighted by molar-refractivity contribution is 6.17. The number of rotatable bonds is 5. The Morgan fingerprint density at radius 1 is 1.22 bits per heavy atom. The van der Waals surface area contributed by atoms with Crippen LogP contribution in [0.4, 0.5) is 0 Å². The van der Waals surface area contributed by atoms with Gasteiger partial charge in [-0.25, -0.2) is 0 Å². The molecule has 1 aliphatic rings. The average Bonchev–Trinajstić information content (AvgIpc) is 2.92. The van der Waals surface area contributed by atoms with Gasteiger partial charge < -0.3 is 19.7 Å². The Bertz CT molecular complexity index is 379. The molecule has 0 bridgehead atoms. The normalized spacial score (nSPS) is 19.9. The molecule has 0 radical (unpaired) electrons. The number of hydrogen-bond acceptors (Lipinski definition) is 4. The minimum Gasteiger partial charge on any atom is -0.390 e. The molecule has 18 heavy (non-hydrogen) atoms. The highest BCUT2D eigenvalue weighted by Crippen LogP contribution is 2.31. The third kappa shape index (κ3) is 3.02. The Labute approximate surface area is 111 Å². The molecule has 2 rings (SSSR count). The first kappa shape index (κ1) is 13.8. The van der Waals surface area contributed by atoms with Crippen molar-refractivity contribution in [3.05, 3.63) is 35.4 Å². The predicted molar refractivity (Wildman–Crippen MR) is 67.4 cm³/mol. The van der Waals surface area contributed by atoms with Crippen molar-refractivity contribution in [1.29, 1.82) is 0 Å². The van der Waals surface area contributed by atoms with Crippen LogP contribution in [0, 0.1) is 0 Å². The second-order valence-corrected chi connectivity index (χ2v) is 4.57. The standard InChI is InChI=1S/C13H17ClO4/c14-6-5-11(15)12(16)9-3-1-2-4-10(9)13-17-7-8-18-13/h1-4,11-13,15-16H,5-8H2. The van der Waals surface area contributed by atoms with Crippen LogP contribution < -0.4 is 0 Å². The molecule has 100 valence electrons.